The van der Waals surface area contributed by atoms with Crippen LogP contribution in [0.15, 0.2) is 47.4 Å². The highest BCUT2D eigenvalue weighted by atomic mass is 127. The van der Waals surface area contributed by atoms with E-state index in [1.165, 1.54) is 18.1 Å². The minimum absolute atomic E-state index is 0.0607. The number of rotatable bonds is 4. The van der Waals surface area contributed by atoms with Crippen LogP contribution in [-0.2, 0) is 11.3 Å². The second-order valence-electron chi connectivity index (χ2n) is 5.29. The standard InChI is InChI=1S/C18H14INO4S/c1-24-14-4-2-3-12(16(14)21)9-15-17(22)20(18(23)25-15)10-11-5-7-13(19)8-6-11/h2-9,21H,10H2,1H3/b15-9-. The smallest absolute Gasteiger partial charge is 0.293 e. The van der Waals surface area contributed by atoms with E-state index in [1.807, 2.05) is 24.3 Å². The molecular formula is C18H14INO4S. The number of halogens is 1. The van der Waals surface area contributed by atoms with Crippen LogP contribution in [0.1, 0.15) is 11.1 Å². The van der Waals surface area contributed by atoms with Crippen molar-refractivity contribution in [1.82, 2.24) is 4.90 Å². The third-order valence-corrected chi connectivity index (χ3v) is 5.29. The summed E-state index contributed by atoms with van der Waals surface area (Å²) in [6.45, 7) is 0.225. The maximum atomic E-state index is 12.6. The predicted octanol–water partition coefficient (Wildman–Crippen LogP) is 4.24. The van der Waals surface area contributed by atoms with Crippen LogP contribution in [0.5, 0.6) is 11.5 Å². The lowest BCUT2D eigenvalue weighted by Gasteiger charge is -2.12. The number of amides is 2. The molecule has 0 bridgehead atoms. The van der Waals surface area contributed by atoms with E-state index >= 15 is 0 Å². The molecule has 1 heterocycles. The number of imide groups is 1. The summed E-state index contributed by atoms with van der Waals surface area (Å²) in [4.78, 5) is 26.2. The summed E-state index contributed by atoms with van der Waals surface area (Å²) in [7, 11) is 1.45. The van der Waals surface area contributed by atoms with Gasteiger partial charge in [-0.05, 0) is 64.2 Å². The van der Waals surface area contributed by atoms with Gasteiger partial charge in [-0.3, -0.25) is 14.5 Å². The van der Waals surface area contributed by atoms with Gasteiger partial charge in [-0.1, -0.05) is 24.3 Å². The van der Waals surface area contributed by atoms with Crippen molar-refractivity contribution in [3.05, 3.63) is 62.1 Å². The Labute approximate surface area is 162 Å². The Kier molecular flexibility index (Phi) is 5.33. The van der Waals surface area contributed by atoms with Crippen molar-refractivity contribution in [3.63, 3.8) is 0 Å². The van der Waals surface area contributed by atoms with E-state index in [1.54, 1.807) is 18.2 Å². The lowest BCUT2D eigenvalue weighted by atomic mass is 10.1. The van der Waals surface area contributed by atoms with Crippen LogP contribution in [0.2, 0.25) is 0 Å². The van der Waals surface area contributed by atoms with Gasteiger partial charge in [-0.15, -0.1) is 0 Å². The highest BCUT2D eigenvalue weighted by molar-refractivity contribution is 14.1. The summed E-state index contributed by atoms with van der Waals surface area (Å²) in [6, 6.07) is 12.6. The Morgan fingerprint density at radius 2 is 1.92 bits per heavy atom. The molecule has 1 fully saturated rings. The van der Waals surface area contributed by atoms with Crippen LogP contribution in [0, 0.1) is 3.57 Å². The van der Waals surface area contributed by atoms with Crippen molar-refractivity contribution >= 4 is 51.6 Å². The molecule has 2 amide bonds. The molecule has 2 aromatic rings. The fraction of sp³-hybridized carbons (Fsp3) is 0.111. The molecule has 0 spiro atoms. The maximum absolute atomic E-state index is 12.6. The lowest BCUT2D eigenvalue weighted by Crippen LogP contribution is -2.27. The first-order chi connectivity index (χ1) is 12.0. The number of phenolic OH excluding ortho intramolecular Hbond substituents is 1. The van der Waals surface area contributed by atoms with Crippen LogP contribution in [0.3, 0.4) is 0 Å². The number of benzene rings is 2. The number of phenols is 1. The van der Waals surface area contributed by atoms with Crippen molar-refractivity contribution in [2.24, 2.45) is 0 Å². The first-order valence-electron chi connectivity index (χ1n) is 7.35. The molecule has 2 aromatic carbocycles. The third-order valence-electron chi connectivity index (χ3n) is 3.66. The second-order valence-corrected chi connectivity index (χ2v) is 7.53. The number of para-hydroxylation sites is 1. The molecule has 1 aliphatic heterocycles. The van der Waals surface area contributed by atoms with E-state index in [0.717, 1.165) is 20.9 Å². The summed E-state index contributed by atoms with van der Waals surface area (Å²) in [6.07, 6.45) is 1.51. The van der Waals surface area contributed by atoms with Gasteiger partial charge in [0.25, 0.3) is 11.1 Å². The SMILES string of the molecule is COc1cccc(/C=C2\SC(=O)N(Cc3ccc(I)cc3)C2=O)c1O. The zero-order chi connectivity index (χ0) is 18.0. The average Bonchev–Trinajstić information content (AvgIpc) is 2.86. The summed E-state index contributed by atoms with van der Waals surface area (Å²) < 4.78 is 6.15. The maximum Gasteiger partial charge on any atom is 0.293 e. The van der Waals surface area contributed by atoms with Crippen molar-refractivity contribution in [1.29, 1.82) is 0 Å². The fourth-order valence-electron chi connectivity index (χ4n) is 2.37. The van der Waals surface area contributed by atoms with Crippen molar-refractivity contribution in [3.8, 4) is 11.5 Å². The van der Waals surface area contributed by atoms with Gasteiger partial charge in [0.2, 0.25) is 0 Å². The van der Waals surface area contributed by atoms with Crippen LogP contribution in [-0.4, -0.2) is 28.3 Å². The highest BCUT2D eigenvalue weighted by Crippen LogP contribution is 2.37. The molecule has 7 heteroatoms. The predicted molar refractivity (Wildman–Crippen MR) is 105 cm³/mol. The van der Waals surface area contributed by atoms with E-state index in [2.05, 4.69) is 22.6 Å². The zero-order valence-electron chi connectivity index (χ0n) is 13.2. The third kappa shape index (κ3) is 3.82. The molecule has 0 aliphatic carbocycles. The Balaban J connectivity index is 1.84. The van der Waals surface area contributed by atoms with E-state index in [-0.39, 0.29) is 28.3 Å². The van der Waals surface area contributed by atoms with Crippen LogP contribution < -0.4 is 4.74 Å². The first-order valence-corrected chi connectivity index (χ1v) is 9.25. The summed E-state index contributed by atoms with van der Waals surface area (Å²) in [5, 5.41) is 9.82. The number of hydrogen-bond donors (Lipinski definition) is 1. The van der Waals surface area contributed by atoms with Crippen LogP contribution in [0.25, 0.3) is 6.08 Å². The Bertz CT molecular complexity index is 864. The van der Waals surface area contributed by atoms with Gasteiger partial charge in [-0.25, -0.2) is 0 Å². The normalized spacial score (nSPS) is 15.9. The Morgan fingerprint density at radius 1 is 1.20 bits per heavy atom. The molecule has 0 unspecified atom stereocenters. The van der Waals surface area contributed by atoms with Gasteiger partial charge in [0.1, 0.15) is 0 Å². The van der Waals surface area contributed by atoms with E-state index in [9.17, 15) is 14.7 Å². The highest BCUT2D eigenvalue weighted by Gasteiger charge is 2.35. The minimum atomic E-state index is -0.365. The molecule has 3 rings (SSSR count). The number of carbonyl (C=O) groups excluding carboxylic acids is 2. The quantitative estimate of drug-likeness (QED) is 0.539. The number of hydrogen-bond acceptors (Lipinski definition) is 5. The fourth-order valence-corrected chi connectivity index (χ4v) is 3.56. The van der Waals surface area contributed by atoms with Crippen molar-refractivity contribution in [2.45, 2.75) is 6.54 Å². The molecule has 128 valence electrons. The lowest BCUT2D eigenvalue weighted by molar-refractivity contribution is -0.123. The minimum Gasteiger partial charge on any atom is -0.504 e. The molecule has 0 radical (unpaired) electrons. The number of nitrogens with zero attached hydrogens (tertiary/aromatic N) is 1. The number of ether oxygens (including phenoxy) is 1. The molecule has 0 saturated carbocycles. The monoisotopic (exact) mass is 467 g/mol. The Morgan fingerprint density at radius 3 is 2.60 bits per heavy atom. The first kappa shape index (κ1) is 17.8. The molecule has 1 N–H and O–H groups in total. The average molecular weight is 467 g/mol. The van der Waals surface area contributed by atoms with Gasteiger partial charge in [0, 0.05) is 9.13 Å². The van der Waals surface area contributed by atoms with Crippen molar-refractivity contribution < 1.29 is 19.4 Å². The largest absolute Gasteiger partial charge is 0.504 e. The number of methoxy groups -OCH3 is 1. The summed E-state index contributed by atoms with van der Waals surface area (Å²) in [5.41, 5.74) is 1.31. The van der Waals surface area contributed by atoms with Crippen LogP contribution in [0.4, 0.5) is 4.79 Å². The van der Waals surface area contributed by atoms with Crippen LogP contribution >= 0.6 is 34.4 Å². The molecule has 1 saturated heterocycles. The molecule has 0 atom stereocenters. The number of aromatic hydroxyl groups is 1. The van der Waals surface area contributed by atoms with E-state index in [4.69, 9.17) is 4.74 Å². The van der Waals surface area contributed by atoms with Gasteiger partial charge in [0.15, 0.2) is 11.5 Å². The molecule has 1 aliphatic rings. The summed E-state index contributed by atoms with van der Waals surface area (Å²) in [5.74, 6) is -0.114. The molecular weight excluding hydrogens is 453 g/mol. The van der Waals surface area contributed by atoms with Gasteiger partial charge in [0.05, 0.1) is 18.6 Å². The number of thioether (sulfide) groups is 1. The second kappa shape index (κ2) is 7.49. The number of carbonyl (C=O) groups is 2. The topological polar surface area (TPSA) is 66.8 Å². The summed E-state index contributed by atoms with van der Waals surface area (Å²) >= 11 is 3.07. The Hall–Kier alpha value is -2.00. The zero-order valence-corrected chi connectivity index (χ0v) is 16.2. The molecule has 5 nitrogen and oxygen atoms in total. The van der Waals surface area contributed by atoms with Gasteiger partial charge < -0.3 is 9.84 Å². The molecule has 0 aromatic heterocycles. The molecule has 25 heavy (non-hydrogen) atoms. The van der Waals surface area contributed by atoms with Gasteiger partial charge in [-0.2, -0.15) is 0 Å². The van der Waals surface area contributed by atoms with Gasteiger partial charge >= 0.3 is 0 Å². The van der Waals surface area contributed by atoms with Crippen molar-refractivity contribution in [2.75, 3.05) is 7.11 Å². The van der Waals surface area contributed by atoms with E-state index < -0.39 is 0 Å². The van der Waals surface area contributed by atoms with E-state index in [0.29, 0.717) is 11.3 Å².